The minimum Gasteiger partial charge on any atom is -0.497 e. The molecule has 0 amide bonds. The fourth-order valence-electron chi connectivity index (χ4n) is 1.67. The Labute approximate surface area is 133 Å². The topological polar surface area (TPSA) is 38.3 Å². The molecular weight excluding hydrogens is 309 g/mol. The largest absolute Gasteiger partial charge is 0.497 e. The van der Waals surface area contributed by atoms with Crippen molar-refractivity contribution in [3.8, 4) is 5.75 Å². The molecule has 0 saturated heterocycles. The SMILES string of the molecule is COc1ccc(C(=O)C=CNc2cccc(Cl)c2Cl)cc1. The zero-order valence-electron chi connectivity index (χ0n) is 11.3. The lowest BCUT2D eigenvalue weighted by Crippen LogP contribution is -1.96. The lowest BCUT2D eigenvalue weighted by atomic mass is 10.1. The first-order chi connectivity index (χ1) is 10.1. The molecule has 2 rings (SSSR count). The van der Waals surface area contributed by atoms with Gasteiger partial charge in [-0.15, -0.1) is 0 Å². The predicted molar refractivity (Wildman–Crippen MR) is 86.5 cm³/mol. The molecule has 2 aromatic carbocycles. The number of carbonyl (C=O) groups is 1. The smallest absolute Gasteiger partial charge is 0.187 e. The van der Waals surface area contributed by atoms with Gasteiger partial charge in [0.05, 0.1) is 22.8 Å². The van der Waals surface area contributed by atoms with Crippen LogP contribution >= 0.6 is 23.2 Å². The normalized spacial score (nSPS) is 10.6. The van der Waals surface area contributed by atoms with E-state index in [1.165, 1.54) is 12.3 Å². The Hall–Kier alpha value is -1.97. The average molecular weight is 322 g/mol. The zero-order valence-corrected chi connectivity index (χ0v) is 12.8. The van der Waals surface area contributed by atoms with Crippen molar-refractivity contribution < 1.29 is 9.53 Å². The zero-order chi connectivity index (χ0) is 15.2. The molecule has 0 aliphatic rings. The highest BCUT2D eigenvalue weighted by atomic mass is 35.5. The number of halogens is 2. The van der Waals surface area contributed by atoms with Crippen LogP contribution in [0.4, 0.5) is 5.69 Å². The number of ketones is 1. The van der Waals surface area contributed by atoms with Crippen LogP contribution < -0.4 is 10.1 Å². The second-order valence-corrected chi connectivity index (χ2v) is 4.96. The predicted octanol–water partition coefficient (Wildman–Crippen LogP) is 4.81. The Bertz CT molecular complexity index is 666. The van der Waals surface area contributed by atoms with Gasteiger partial charge < -0.3 is 10.1 Å². The Kier molecular flexibility index (Phi) is 5.26. The average Bonchev–Trinajstić information content (AvgIpc) is 2.51. The summed E-state index contributed by atoms with van der Waals surface area (Å²) in [6, 6.07) is 12.1. The summed E-state index contributed by atoms with van der Waals surface area (Å²) in [7, 11) is 1.58. The van der Waals surface area contributed by atoms with Gasteiger partial charge in [0.2, 0.25) is 0 Å². The minimum atomic E-state index is -0.122. The van der Waals surface area contributed by atoms with Crippen LogP contribution in [0, 0.1) is 0 Å². The lowest BCUT2D eigenvalue weighted by Gasteiger charge is -2.04. The molecule has 0 bridgehead atoms. The van der Waals surface area contributed by atoms with Crippen LogP contribution in [-0.4, -0.2) is 12.9 Å². The third-order valence-corrected chi connectivity index (χ3v) is 3.62. The minimum absolute atomic E-state index is 0.122. The van der Waals surface area contributed by atoms with E-state index in [1.807, 2.05) is 0 Å². The first-order valence-corrected chi connectivity index (χ1v) is 6.93. The maximum absolute atomic E-state index is 12.0. The van der Waals surface area contributed by atoms with Gasteiger partial charge in [-0.25, -0.2) is 0 Å². The number of ether oxygens (including phenoxy) is 1. The third kappa shape index (κ3) is 4.00. The number of rotatable bonds is 5. The molecule has 5 heteroatoms. The summed E-state index contributed by atoms with van der Waals surface area (Å²) >= 11 is 11.9. The molecule has 0 aliphatic carbocycles. The number of hydrogen-bond donors (Lipinski definition) is 1. The molecule has 0 heterocycles. The fraction of sp³-hybridized carbons (Fsp3) is 0.0625. The molecule has 0 unspecified atom stereocenters. The van der Waals surface area contributed by atoms with Crippen LogP contribution in [0.15, 0.2) is 54.7 Å². The van der Waals surface area contributed by atoms with Crippen molar-refractivity contribution >= 4 is 34.7 Å². The highest BCUT2D eigenvalue weighted by Crippen LogP contribution is 2.29. The maximum atomic E-state index is 12.0. The summed E-state index contributed by atoms with van der Waals surface area (Å²) in [5, 5.41) is 3.81. The first kappa shape index (κ1) is 15.4. The summed E-state index contributed by atoms with van der Waals surface area (Å²) in [4.78, 5) is 12.0. The van der Waals surface area contributed by atoms with E-state index in [-0.39, 0.29) is 5.78 Å². The summed E-state index contributed by atoms with van der Waals surface area (Å²) in [6.45, 7) is 0. The summed E-state index contributed by atoms with van der Waals surface area (Å²) in [6.07, 6.45) is 2.96. The molecule has 21 heavy (non-hydrogen) atoms. The highest BCUT2D eigenvalue weighted by molar-refractivity contribution is 6.43. The van der Waals surface area contributed by atoms with Crippen molar-refractivity contribution in [3.05, 3.63) is 70.3 Å². The number of hydrogen-bond acceptors (Lipinski definition) is 3. The second-order valence-electron chi connectivity index (χ2n) is 4.17. The van der Waals surface area contributed by atoms with Crippen molar-refractivity contribution in [2.45, 2.75) is 0 Å². The van der Waals surface area contributed by atoms with Gasteiger partial charge in [0.1, 0.15) is 5.75 Å². The van der Waals surface area contributed by atoms with Crippen molar-refractivity contribution in [1.29, 1.82) is 0 Å². The van der Waals surface area contributed by atoms with Crippen LogP contribution in [0.25, 0.3) is 0 Å². The molecule has 3 nitrogen and oxygen atoms in total. The molecular formula is C16H13Cl2NO2. The van der Waals surface area contributed by atoms with Crippen molar-refractivity contribution in [2.75, 3.05) is 12.4 Å². The van der Waals surface area contributed by atoms with Crippen molar-refractivity contribution in [1.82, 2.24) is 0 Å². The molecule has 0 aliphatic heterocycles. The van der Waals surface area contributed by atoms with E-state index in [0.29, 0.717) is 27.0 Å². The van der Waals surface area contributed by atoms with E-state index in [0.717, 1.165) is 0 Å². The standard InChI is InChI=1S/C16H13Cl2NO2/c1-21-12-7-5-11(6-8-12)15(20)9-10-19-14-4-2-3-13(17)16(14)18/h2-10,19H,1H3. The molecule has 0 aromatic heterocycles. The molecule has 0 saturated carbocycles. The maximum Gasteiger partial charge on any atom is 0.187 e. The Morgan fingerprint density at radius 3 is 2.52 bits per heavy atom. The van der Waals surface area contributed by atoms with Crippen LogP contribution in [0.3, 0.4) is 0 Å². The van der Waals surface area contributed by atoms with Crippen molar-refractivity contribution in [3.63, 3.8) is 0 Å². The number of nitrogens with one attached hydrogen (secondary N) is 1. The van der Waals surface area contributed by atoms with Gasteiger partial charge in [-0.2, -0.15) is 0 Å². The van der Waals surface area contributed by atoms with Crippen LogP contribution in [0.1, 0.15) is 10.4 Å². The first-order valence-electron chi connectivity index (χ1n) is 6.17. The lowest BCUT2D eigenvalue weighted by molar-refractivity contribution is 0.104. The van der Waals surface area contributed by atoms with Gasteiger partial charge in [0.15, 0.2) is 5.78 Å². The summed E-state index contributed by atoms with van der Waals surface area (Å²) < 4.78 is 5.04. The third-order valence-electron chi connectivity index (χ3n) is 2.80. The van der Waals surface area contributed by atoms with Crippen LogP contribution in [0.5, 0.6) is 5.75 Å². The number of allylic oxidation sites excluding steroid dienone is 1. The Morgan fingerprint density at radius 2 is 1.86 bits per heavy atom. The van der Waals surface area contributed by atoms with Gasteiger partial charge in [-0.1, -0.05) is 29.3 Å². The molecule has 1 N–H and O–H groups in total. The van der Waals surface area contributed by atoms with Crippen molar-refractivity contribution in [2.24, 2.45) is 0 Å². The molecule has 0 fully saturated rings. The van der Waals surface area contributed by atoms with Gasteiger partial charge in [-0.3, -0.25) is 4.79 Å². The van der Waals surface area contributed by atoms with E-state index in [9.17, 15) is 4.79 Å². The van der Waals surface area contributed by atoms with Gasteiger partial charge in [0.25, 0.3) is 0 Å². The van der Waals surface area contributed by atoms with E-state index < -0.39 is 0 Å². The van der Waals surface area contributed by atoms with Gasteiger partial charge in [-0.05, 0) is 36.4 Å². The number of anilines is 1. The van der Waals surface area contributed by atoms with E-state index in [2.05, 4.69) is 5.32 Å². The molecule has 0 atom stereocenters. The van der Waals surface area contributed by atoms with E-state index >= 15 is 0 Å². The Morgan fingerprint density at radius 1 is 1.14 bits per heavy atom. The summed E-state index contributed by atoms with van der Waals surface area (Å²) in [5.74, 6) is 0.586. The molecule has 108 valence electrons. The highest BCUT2D eigenvalue weighted by Gasteiger charge is 2.03. The number of benzene rings is 2. The molecule has 2 aromatic rings. The Balaban J connectivity index is 2.03. The second kappa shape index (κ2) is 7.16. The molecule has 0 radical (unpaired) electrons. The summed E-state index contributed by atoms with van der Waals surface area (Å²) in [5.41, 5.74) is 1.22. The quantitative estimate of drug-likeness (QED) is 0.634. The fourth-order valence-corrected chi connectivity index (χ4v) is 2.03. The van der Waals surface area contributed by atoms with Gasteiger partial charge in [0, 0.05) is 17.8 Å². The van der Waals surface area contributed by atoms with E-state index in [4.69, 9.17) is 27.9 Å². The van der Waals surface area contributed by atoms with E-state index in [1.54, 1.807) is 49.6 Å². The number of carbonyl (C=O) groups excluding carboxylic acids is 1. The molecule has 0 spiro atoms. The monoisotopic (exact) mass is 321 g/mol. The van der Waals surface area contributed by atoms with Crippen LogP contribution in [0.2, 0.25) is 10.0 Å². The van der Waals surface area contributed by atoms with Gasteiger partial charge >= 0.3 is 0 Å². The van der Waals surface area contributed by atoms with Crippen LogP contribution in [-0.2, 0) is 0 Å². The number of methoxy groups -OCH3 is 1.